The Labute approximate surface area is 240 Å². The summed E-state index contributed by atoms with van der Waals surface area (Å²) < 4.78 is 26.7. The molecule has 0 saturated heterocycles. The first-order valence-electron chi connectivity index (χ1n) is 12.5. The highest BCUT2D eigenvalue weighted by atomic mass is 35.5. The molecule has 0 aromatic heterocycles. The predicted octanol–water partition coefficient (Wildman–Crippen LogP) is 5.23. The second-order valence-electron chi connectivity index (χ2n) is 9.68. The van der Waals surface area contributed by atoms with Gasteiger partial charge in [-0.15, -0.1) is 0 Å². The molecule has 0 aliphatic rings. The standard InChI is InChI=1S/C29H33Cl2N3O4S/c1-20(2)32-29(36)27(16-22-10-6-5-7-11-22)33(18-23-12-8-9-13-25(23)30)28(35)19-34(39(4,37)38)24-15-14-21(3)26(31)17-24/h5-15,17,20,27H,16,18-19H2,1-4H3,(H,32,36)/t27-/m0/s1. The van der Waals surface area contributed by atoms with Gasteiger partial charge in [-0.2, -0.15) is 0 Å². The van der Waals surface area contributed by atoms with Gasteiger partial charge in [0.25, 0.3) is 0 Å². The van der Waals surface area contributed by atoms with Crippen LogP contribution in [-0.4, -0.2) is 50.0 Å². The van der Waals surface area contributed by atoms with E-state index in [1.54, 1.807) is 43.3 Å². The summed E-state index contributed by atoms with van der Waals surface area (Å²) >= 11 is 12.7. The van der Waals surface area contributed by atoms with Crippen LogP contribution in [-0.2, 0) is 32.6 Å². The van der Waals surface area contributed by atoms with Gasteiger partial charge in [0.1, 0.15) is 12.6 Å². The summed E-state index contributed by atoms with van der Waals surface area (Å²) in [7, 11) is -3.88. The first-order chi connectivity index (χ1) is 18.4. The van der Waals surface area contributed by atoms with E-state index in [9.17, 15) is 18.0 Å². The molecule has 0 saturated carbocycles. The maximum Gasteiger partial charge on any atom is 0.244 e. The first-order valence-corrected chi connectivity index (χ1v) is 15.1. The third-order valence-electron chi connectivity index (χ3n) is 6.12. The maximum atomic E-state index is 14.0. The van der Waals surface area contributed by atoms with E-state index < -0.39 is 28.5 Å². The number of carbonyl (C=O) groups is 2. The molecule has 3 aromatic carbocycles. The summed E-state index contributed by atoms with van der Waals surface area (Å²) in [4.78, 5) is 29.0. The SMILES string of the molecule is Cc1ccc(N(CC(=O)N(Cc2ccccc2Cl)[C@@H](Cc2ccccc2)C(=O)NC(C)C)S(C)(=O)=O)cc1Cl. The summed E-state index contributed by atoms with van der Waals surface area (Å²) in [5, 5.41) is 3.72. The van der Waals surface area contributed by atoms with Crippen molar-refractivity contribution < 1.29 is 18.0 Å². The van der Waals surface area contributed by atoms with Crippen LogP contribution in [0.4, 0.5) is 5.69 Å². The Kier molecular flexibility index (Phi) is 10.4. The molecule has 0 unspecified atom stereocenters. The Morgan fingerprint density at radius 3 is 2.15 bits per heavy atom. The topological polar surface area (TPSA) is 86.8 Å². The van der Waals surface area contributed by atoms with E-state index in [2.05, 4.69) is 5.32 Å². The van der Waals surface area contributed by atoms with Crippen molar-refractivity contribution in [2.75, 3.05) is 17.1 Å². The summed E-state index contributed by atoms with van der Waals surface area (Å²) in [6.45, 7) is 4.96. The van der Waals surface area contributed by atoms with Gasteiger partial charge in [0, 0.05) is 29.1 Å². The Morgan fingerprint density at radius 1 is 0.923 bits per heavy atom. The lowest BCUT2D eigenvalue weighted by Gasteiger charge is -2.34. The van der Waals surface area contributed by atoms with Crippen LogP contribution < -0.4 is 9.62 Å². The number of aryl methyl sites for hydroxylation is 1. The van der Waals surface area contributed by atoms with E-state index >= 15 is 0 Å². The lowest BCUT2D eigenvalue weighted by molar-refractivity contribution is -0.140. The zero-order valence-electron chi connectivity index (χ0n) is 22.4. The Bertz CT molecular complexity index is 1420. The fourth-order valence-corrected chi connectivity index (χ4v) is 5.31. The number of anilines is 1. The van der Waals surface area contributed by atoms with Crippen molar-refractivity contribution in [2.24, 2.45) is 0 Å². The lowest BCUT2D eigenvalue weighted by atomic mass is 10.0. The van der Waals surface area contributed by atoms with Crippen LogP contribution in [0, 0.1) is 6.92 Å². The van der Waals surface area contributed by atoms with Gasteiger partial charge in [0.05, 0.1) is 11.9 Å². The monoisotopic (exact) mass is 589 g/mol. The summed E-state index contributed by atoms with van der Waals surface area (Å²) in [6, 6.07) is 20.1. The fourth-order valence-electron chi connectivity index (χ4n) is 4.10. The Balaban J connectivity index is 2.08. The molecule has 0 spiro atoms. The molecule has 7 nitrogen and oxygen atoms in total. The van der Waals surface area contributed by atoms with Crippen molar-refractivity contribution in [3.8, 4) is 0 Å². The van der Waals surface area contributed by atoms with Gasteiger partial charge < -0.3 is 10.2 Å². The summed E-state index contributed by atoms with van der Waals surface area (Å²) in [6.07, 6.45) is 1.25. The molecule has 0 aliphatic heterocycles. The zero-order valence-corrected chi connectivity index (χ0v) is 24.7. The van der Waals surface area contributed by atoms with E-state index in [0.29, 0.717) is 15.6 Å². The third kappa shape index (κ3) is 8.46. The molecule has 208 valence electrons. The number of nitrogens with one attached hydrogen (secondary N) is 1. The number of halogens is 2. The smallest absolute Gasteiger partial charge is 0.244 e. The van der Waals surface area contributed by atoms with Crippen LogP contribution in [0.2, 0.25) is 10.0 Å². The second kappa shape index (κ2) is 13.3. The minimum Gasteiger partial charge on any atom is -0.352 e. The van der Waals surface area contributed by atoms with Crippen molar-refractivity contribution in [1.29, 1.82) is 0 Å². The molecular formula is C29H33Cl2N3O4S. The quantitative estimate of drug-likeness (QED) is 0.331. The predicted molar refractivity (Wildman–Crippen MR) is 158 cm³/mol. The van der Waals surface area contributed by atoms with E-state index in [1.807, 2.05) is 44.2 Å². The Morgan fingerprint density at radius 2 is 1.56 bits per heavy atom. The van der Waals surface area contributed by atoms with Crippen molar-refractivity contribution in [1.82, 2.24) is 10.2 Å². The maximum absolute atomic E-state index is 14.0. The molecule has 39 heavy (non-hydrogen) atoms. The highest BCUT2D eigenvalue weighted by Gasteiger charge is 2.33. The molecule has 3 aromatic rings. The molecule has 0 aliphatic carbocycles. The fraction of sp³-hybridized carbons (Fsp3) is 0.310. The number of hydrogen-bond acceptors (Lipinski definition) is 4. The highest BCUT2D eigenvalue weighted by molar-refractivity contribution is 7.92. The van der Waals surface area contributed by atoms with Crippen LogP contribution >= 0.6 is 23.2 Å². The number of amides is 2. The molecule has 0 bridgehead atoms. The van der Waals surface area contributed by atoms with Gasteiger partial charge >= 0.3 is 0 Å². The van der Waals surface area contributed by atoms with Crippen molar-refractivity contribution in [2.45, 2.75) is 45.8 Å². The molecule has 10 heteroatoms. The van der Waals surface area contributed by atoms with Gasteiger partial charge in [0.15, 0.2) is 0 Å². The number of rotatable bonds is 11. The molecule has 2 amide bonds. The number of nitrogens with zero attached hydrogens (tertiary/aromatic N) is 2. The van der Waals surface area contributed by atoms with E-state index in [4.69, 9.17) is 23.2 Å². The third-order valence-corrected chi connectivity index (χ3v) is 8.04. The van der Waals surface area contributed by atoms with Crippen molar-refractivity contribution in [3.05, 3.63) is 99.5 Å². The van der Waals surface area contributed by atoms with E-state index in [1.165, 1.54) is 11.0 Å². The van der Waals surface area contributed by atoms with Crippen LogP contribution in [0.5, 0.6) is 0 Å². The van der Waals surface area contributed by atoms with Crippen LogP contribution in [0.25, 0.3) is 0 Å². The first kappa shape index (κ1) is 30.5. The summed E-state index contributed by atoms with van der Waals surface area (Å²) in [5.41, 5.74) is 2.51. The lowest BCUT2D eigenvalue weighted by Crippen LogP contribution is -2.54. The molecule has 1 atom stereocenters. The number of hydrogen-bond donors (Lipinski definition) is 1. The molecular weight excluding hydrogens is 557 g/mol. The normalized spacial score (nSPS) is 12.2. The minimum atomic E-state index is -3.88. The average molecular weight is 591 g/mol. The molecule has 0 radical (unpaired) electrons. The number of sulfonamides is 1. The van der Waals surface area contributed by atoms with Crippen LogP contribution in [0.1, 0.15) is 30.5 Å². The summed E-state index contributed by atoms with van der Waals surface area (Å²) in [5.74, 6) is -0.907. The number of benzene rings is 3. The molecule has 3 rings (SSSR count). The zero-order chi connectivity index (χ0) is 28.7. The van der Waals surface area contributed by atoms with Crippen molar-refractivity contribution in [3.63, 3.8) is 0 Å². The van der Waals surface area contributed by atoms with Crippen molar-refractivity contribution >= 4 is 50.7 Å². The molecule has 0 fully saturated rings. The Hall–Kier alpha value is -3.07. The highest BCUT2D eigenvalue weighted by Crippen LogP contribution is 2.26. The van der Waals surface area contributed by atoms with E-state index in [0.717, 1.165) is 21.7 Å². The average Bonchev–Trinajstić information content (AvgIpc) is 2.87. The van der Waals surface area contributed by atoms with Gasteiger partial charge in [-0.05, 0) is 55.7 Å². The minimum absolute atomic E-state index is 0.00772. The molecule has 1 N–H and O–H groups in total. The van der Waals surface area contributed by atoms with Crippen LogP contribution in [0.3, 0.4) is 0 Å². The second-order valence-corrected chi connectivity index (χ2v) is 12.4. The number of carbonyl (C=O) groups excluding carboxylic acids is 2. The molecule has 0 heterocycles. The van der Waals surface area contributed by atoms with E-state index in [-0.39, 0.29) is 30.6 Å². The van der Waals surface area contributed by atoms with Gasteiger partial charge in [0.2, 0.25) is 21.8 Å². The van der Waals surface area contributed by atoms with Gasteiger partial charge in [-0.25, -0.2) is 8.42 Å². The van der Waals surface area contributed by atoms with Gasteiger partial charge in [-0.3, -0.25) is 13.9 Å². The van der Waals surface area contributed by atoms with Gasteiger partial charge in [-0.1, -0.05) is 77.8 Å². The largest absolute Gasteiger partial charge is 0.352 e. The van der Waals surface area contributed by atoms with Crippen LogP contribution in [0.15, 0.2) is 72.8 Å².